The predicted octanol–water partition coefficient (Wildman–Crippen LogP) is 5.00. The van der Waals surface area contributed by atoms with Gasteiger partial charge in [0.25, 0.3) is 0 Å². The van der Waals surface area contributed by atoms with Gasteiger partial charge in [-0.1, -0.05) is 74.4 Å². The van der Waals surface area contributed by atoms with Crippen LogP contribution in [-0.4, -0.2) is 52.5 Å². The predicted molar refractivity (Wildman–Crippen MR) is 137 cm³/mol. The molecule has 7 heteroatoms. The molecule has 186 valence electrons. The van der Waals surface area contributed by atoms with Gasteiger partial charge in [0.1, 0.15) is 6.61 Å². The molecular weight excluding hydrogens is 449 g/mol. The molecule has 0 aliphatic carbocycles. The molecule has 2 aromatic carbocycles. The molecule has 34 heavy (non-hydrogen) atoms. The normalized spacial score (nSPS) is 18.6. The number of hydrogen-bond acceptors (Lipinski definition) is 6. The summed E-state index contributed by atoms with van der Waals surface area (Å²) in [5.74, 6) is 0.210. The number of ether oxygens (including phenoxy) is 1. The molecule has 0 radical (unpaired) electrons. The quantitative estimate of drug-likeness (QED) is 0.209. The molecule has 0 amide bonds. The second kappa shape index (κ2) is 14.0. The van der Waals surface area contributed by atoms with Gasteiger partial charge in [-0.2, -0.15) is 14.3 Å². The Morgan fingerprint density at radius 1 is 1.00 bits per heavy atom. The number of likely N-dealkylation sites (N-methyl/N-ethyl adjacent to an activating group) is 1. The van der Waals surface area contributed by atoms with Crippen LogP contribution < -0.4 is 0 Å². The number of ketones is 1. The molecule has 2 N–H and O–H groups in total. The fraction of sp³-hybridized carbons (Fsp3) is 0.519. The van der Waals surface area contributed by atoms with Gasteiger partial charge in [-0.3, -0.25) is 9.69 Å². The van der Waals surface area contributed by atoms with Crippen molar-refractivity contribution in [2.24, 2.45) is 0 Å². The molecule has 1 fully saturated rings. The number of unbranched alkanes of at least 4 members (excludes halogenated alkanes) is 3. The van der Waals surface area contributed by atoms with Crippen LogP contribution >= 0.6 is 8.60 Å². The fourth-order valence-electron chi connectivity index (χ4n) is 4.63. The van der Waals surface area contributed by atoms with Gasteiger partial charge in [0, 0.05) is 12.0 Å². The second-order valence-electron chi connectivity index (χ2n) is 9.15. The molecule has 1 saturated heterocycles. The minimum atomic E-state index is -2.73. The second-order valence-corrected chi connectivity index (χ2v) is 10.0. The molecule has 0 saturated carbocycles. The van der Waals surface area contributed by atoms with Gasteiger partial charge < -0.3 is 4.74 Å². The van der Waals surface area contributed by atoms with E-state index in [0.29, 0.717) is 19.8 Å². The van der Waals surface area contributed by atoms with Crippen LogP contribution in [0.25, 0.3) is 0 Å². The minimum absolute atomic E-state index is 0.210. The standard InChI is InChI=1S/C27H39NO5P/c1-2-28-22-32-20-27(28,21-33-34(30)31)19-18-24-14-16-25(17-15-24)26(29)13-9-4-3-6-10-23-11-7-5-8-12-23/h5,7-8,11-12,14-17,30-31,34H,2-4,6,9-10,13,18-22H2,1H3/q+1. The van der Waals surface area contributed by atoms with Crippen LogP contribution in [-0.2, 0) is 22.1 Å². The topological polar surface area (TPSA) is 79.2 Å². The fourth-order valence-corrected chi connectivity index (χ4v) is 5.02. The third-order valence-electron chi connectivity index (χ3n) is 6.76. The molecule has 2 aromatic rings. The van der Waals surface area contributed by atoms with Gasteiger partial charge in [-0.05, 0) is 49.8 Å². The molecular formula is C27H39NO5P+. The molecule has 6 nitrogen and oxygen atoms in total. The first kappa shape index (κ1) is 26.9. The smallest absolute Gasteiger partial charge is 0.364 e. The zero-order valence-electron chi connectivity index (χ0n) is 20.2. The van der Waals surface area contributed by atoms with Crippen LogP contribution in [0, 0.1) is 0 Å². The number of benzene rings is 2. The summed E-state index contributed by atoms with van der Waals surface area (Å²) in [7, 11) is -2.73. The summed E-state index contributed by atoms with van der Waals surface area (Å²) in [6, 6.07) is 18.5. The van der Waals surface area contributed by atoms with E-state index in [9.17, 15) is 14.6 Å². The Labute approximate surface area is 204 Å². The Morgan fingerprint density at radius 3 is 2.41 bits per heavy atom. The highest BCUT2D eigenvalue weighted by Crippen LogP contribution is 2.34. The Bertz CT molecular complexity index is 861. The van der Waals surface area contributed by atoms with Crippen molar-refractivity contribution in [3.05, 3.63) is 71.3 Å². The van der Waals surface area contributed by atoms with Crippen LogP contribution in [0.15, 0.2) is 54.6 Å². The molecule has 3 rings (SSSR count). The van der Waals surface area contributed by atoms with E-state index in [0.717, 1.165) is 56.2 Å². The minimum Gasteiger partial charge on any atom is -0.364 e. The first-order valence-electron chi connectivity index (χ1n) is 12.4. The SMILES string of the molecule is CCN1COCC1(CCc1ccc(C(=O)CCCCCCc2ccccc2)cc1)CO[PH+](O)O. The van der Waals surface area contributed by atoms with Crippen molar-refractivity contribution >= 4 is 14.4 Å². The summed E-state index contributed by atoms with van der Waals surface area (Å²) in [5, 5.41) is 0. The highest BCUT2D eigenvalue weighted by molar-refractivity contribution is 7.39. The Kier molecular flexibility index (Phi) is 11.1. The summed E-state index contributed by atoms with van der Waals surface area (Å²) < 4.78 is 10.9. The highest BCUT2D eigenvalue weighted by Gasteiger charge is 2.42. The molecule has 1 unspecified atom stereocenters. The van der Waals surface area contributed by atoms with E-state index in [-0.39, 0.29) is 17.9 Å². The number of Topliss-reactive ketones (excluding diaryl/α,β-unsaturated/α-hetero) is 1. The lowest BCUT2D eigenvalue weighted by Gasteiger charge is -2.34. The molecule has 0 aromatic heterocycles. The van der Waals surface area contributed by atoms with E-state index in [1.807, 2.05) is 30.3 Å². The van der Waals surface area contributed by atoms with Gasteiger partial charge in [-0.25, -0.2) is 0 Å². The molecule has 1 aliphatic heterocycles. The lowest BCUT2D eigenvalue weighted by molar-refractivity contribution is 0.0736. The van der Waals surface area contributed by atoms with Crippen LogP contribution in [0.5, 0.6) is 0 Å². The average Bonchev–Trinajstić information content (AvgIpc) is 3.27. The van der Waals surface area contributed by atoms with Gasteiger partial charge in [-0.15, -0.1) is 0 Å². The number of nitrogens with zero attached hydrogens (tertiary/aromatic N) is 1. The van der Waals surface area contributed by atoms with E-state index in [4.69, 9.17) is 9.26 Å². The van der Waals surface area contributed by atoms with Gasteiger partial charge in [0.2, 0.25) is 0 Å². The number of rotatable bonds is 15. The molecule has 1 aliphatic rings. The van der Waals surface area contributed by atoms with Crippen LogP contribution in [0.2, 0.25) is 0 Å². The van der Waals surface area contributed by atoms with E-state index < -0.39 is 8.60 Å². The summed E-state index contributed by atoms with van der Waals surface area (Å²) in [4.78, 5) is 33.3. The third kappa shape index (κ3) is 8.23. The van der Waals surface area contributed by atoms with Crippen molar-refractivity contribution in [1.29, 1.82) is 0 Å². The van der Waals surface area contributed by atoms with Crippen molar-refractivity contribution in [1.82, 2.24) is 4.90 Å². The molecule has 0 spiro atoms. The van der Waals surface area contributed by atoms with E-state index in [2.05, 4.69) is 36.1 Å². The summed E-state index contributed by atoms with van der Waals surface area (Å²) in [6.45, 7) is 4.15. The van der Waals surface area contributed by atoms with Crippen molar-refractivity contribution in [3.63, 3.8) is 0 Å². The van der Waals surface area contributed by atoms with E-state index in [1.165, 1.54) is 12.0 Å². The van der Waals surface area contributed by atoms with Crippen LogP contribution in [0.1, 0.15) is 66.9 Å². The first-order valence-corrected chi connectivity index (χ1v) is 13.7. The van der Waals surface area contributed by atoms with Gasteiger partial charge >= 0.3 is 8.60 Å². The molecule has 1 atom stereocenters. The number of hydrogen-bond donors (Lipinski definition) is 2. The highest BCUT2D eigenvalue weighted by atomic mass is 31.2. The van der Waals surface area contributed by atoms with Crippen molar-refractivity contribution in [2.45, 2.75) is 63.8 Å². The van der Waals surface area contributed by atoms with Crippen LogP contribution in [0.3, 0.4) is 0 Å². The van der Waals surface area contributed by atoms with Gasteiger partial charge in [0.15, 0.2) is 5.78 Å². The number of carbonyl (C=O) groups excluding carboxylic acids is 1. The zero-order valence-corrected chi connectivity index (χ0v) is 21.2. The number of aryl methyl sites for hydroxylation is 2. The van der Waals surface area contributed by atoms with Crippen molar-refractivity contribution in [2.75, 3.05) is 26.5 Å². The zero-order chi connectivity index (χ0) is 24.2. The Balaban J connectivity index is 1.40. The lowest BCUT2D eigenvalue weighted by Crippen LogP contribution is -2.49. The van der Waals surface area contributed by atoms with Crippen molar-refractivity contribution in [3.8, 4) is 0 Å². The maximum absolute atomic E-state index is 12.6. The molecule has 0 bridgehead atoms. The summed E-state index contributed by atoms with van der Waals surface area (Å²) >= 11 is 0. The van der Waals surface area contributed by atoms with E-state index >= 15 is 0 Å². The Hall–Kier alpha value is -1.66. The first-order chi connectivity index (χ1) is 16.5. The monoisotopic (exact) mass is 488 g/mol. The maximum atomic E-state index is 12.6. The van der Waals surface area contributed by atoms with Gasteiger partial charge in [0.05, 0.1) is 18.9 Å². The Morgan fingerprint density at radius 2 is 1.71 bits per heavy atom. The van der Waals surface area contributed by atoms with E-state index in [1.54, 1.807) is 0 Å². The lowest BCUT2D eigenvalue weighted by atomic mass is 9.91. The average molecular weight is 489 g/mol. The van der Waals surface area contributed by atoms with Crippen molar-refractivity contribution < 1.29 is 23.8 Å². The number of carbonyl (C=O) groups is 1. The summed E-state index contributed by atoms with van der Waals surface area (Å²) in [6.07, 6.45) is 7.63. The summed E-state index contributed by atoms with van der Waals surface area (Å²) in [5.41, 5.74) is 2.95. The molecule has 1 heterocycles. The third-order valence-corrected chi connectivity index (χ3v) is 7.16. The maximum Gasteiger partial charge on any atom is 0.392 e. The largest absolute Gasteiger partial charge is 0.392 e. The van der Waals surface area contributed by atoms with Crippen LogP contribution in [0.4, 0.5) is 0 Å².